The van der Waals surface area contributed by atoms with E-state index in [2.05, 4.69) is 41.5 Å². The molecular weight excluding hydrogens is 617 g/mol. The van der Waals surface area contributed by atoms with Gasteiger partial charge in [-0.05, 0) is 39.9 Å². The molecule has 1 heterocycles. The second-order valence-electron chi connectivity index (χ2n) is 12.7. The standard InChI is InChI=1S/C37H50O7SSi/c1-26(2)46(27(3)4,28(5)6)41-25-32-33(44-37(45)42-31-21-15-10-16-22-31)34(39-23-29-17-11-8-12-18-29)35(36(38-7)43-32)40-24-30-19-13-9-14-20-30/h8-22,26-28,32-36H,23-25H2,1-7H3/t32-,33-,34+,35-,36+/m1/s1. The molecule has 3 aromatic rings. The smallest absolute Gasteiger partial charge is 0.358 e. The molecule has 9 heteroatoms. The molecule has 0 amide bonds. The van der Waals surface area contributed by atoms with Gasteiger partial charge in [-0.2, -0.15) is 0 Å². The number of benzene rings is 3. The second-order valence-corrected chi connectivity index (χ2v) is 18.5. The highest BCUT2D eigenvalue weighted by molar-refractivity contribution is 7.79. The minimum absolute atomic E-state index is 0.0316. The molecule has 0 bridgehead atoms. The highest BCUT2D eigenvalue weighted by Gasteiger charge is 2.52. The number of para-hydroxylation sites is 1. The maximum atomic E-state index is 7.05. The summed E-state index contributed by atoms with van der Waals surface area (Å²) in [5, 5.41) is -0.0316. The Bertz CT molecular complexity index is 1290. The largest absolute Gasteiger partial charge is 0.447 e. The molecule has 1 saturated heterocycles. The Morgan fingerprint density at radius 3 is 1.65 bits per heavy atom. The lowest BCUT2D eigenvalue weighted by Crippen LogP contribution is -2.63. The van der Waals surface area contributed by atoms with Gasteiger partial charge in [0.15, 0.2) is 20.7 Å². The number of hydrogen-bond acceptors (Lipinski definition) is 8. The van der Waals surface area contributed by atoms with E-state index in [0.29, 0.717) is 35.6 Å². The molecule has 1 fully saturated rings. The van der Waals surface area contributed by atoms with E-state index in [0.717, 1.165) is 11.1 Å². The lowest BCUT2D eigenvalue weighted by Gasteiger charge is -2.47. The zero-order valence-electron chi connectivity index (χ0n) is 28.2. The molecule has 0 aromatic heterocycles. The summed E-state index contributed by atoms with van der Waals surface area (Å²) in [5.74, 6) is 0.580. The molecule has 46 heavy (non-hydrogen) atoms. The zero-order valence-corrected chi connectivity index (χ0v) is 30.0. The molecule has 3 aromatic carbocycles. The van der Waals surface area contributed by atoms with E-state index in [1.807, 2.05) is 91.0 Å². The molecule has 0 saturated carbocycles. The van der Waals surface area contributed by atoms with Crippen molar-refractivity contribution >= 4 is 25.8 Å². The van der Waals surface area contributed by atoms with Gasteiger partial charge < -0.3 is 32.8 Å². The van der Waals surface area contributed by atoms with Crippen LogP contribution in [-0.2, 0) is 41.3 Å². The molecule has 0 N–H and O–H groups in total. The summed E-state index contributed by atoms with van der Waals surface area (Å²) in [6, 6.07) is 29.4. The molecule has 1 aliphatic heterocycles. The van der Waals surface area contributed by atoms with Crippen molar-refractivity contribution in [2.45, 2.75) is 102 Å². The molecule has 1 aliphatic rings. The first-order chi connectivity index (χ1) is 22.1. The Labute approximate surface area is 281 Å². The van der Waals surface area contributed by atoms with Crippen LogP contribution in [0.3, 0.4) is 0 Å². The molecule has 0 unspecified atom stereocenters. The maximum Gasteiger partial charge on any atom is 0.358 e. The topological polar surface area (TPSA) is 64.6 Å². The summed E-state index contributed by atoms with van der Waals surface area (Å²) in [6.45, 7) is 14.5. The highest BCUT2D eigenvalue weighted by Crippen LogP contribution is 2.43. The first-order valence-corrected chi connectivity index (χ1v) is 18.8. The molecular formula is C37H50O7SSi. The summed E-state index contributed by atoms with van der Waals surface area (Å²) in [4.78, 5) is 0. The van der Waals surface area contributed by atoms with Crippen molar-refractivity contribution in [1.82, 2.24) is 0 Å². The van der Waals surface area contributed by atoms with Crippen LogP contribution in [0.5, 0.6) is 5.75 Å². The third-order valence-corrected chi connectivity index (χ3v) is 15.0. The van der Waals surface area contributed by atoms with Crippen LogP contribution in [0.25, 0.3) is 0 Å². The Kier molecular flexibility index (Phi) is 13.8. The molecule has 5 atom stereocenters. The third-order valence-electron chi connectivity index (χ3n) is 8.78. The summed E-state index contributed by atoms with van der Waals surface area (Å²) >= 11 is 5.66. The maximum absolute atomic E-state index is 7.05. The minimum Gasteiger partial charge on any atom is -0.447 e. The molecule has 250 valence electrons. The Morgan fingerprint density at radius 1 is 0.696 bits per heavy atom. The van der Waals surface area contributed by atoms with Gasteiger partial charge in [0, 0.05) is 19.3 Å². The van der Waals surface area contributed by atoms with Crippen molar-refractivity contribution in [3.05, 3.63) is 102 Å². The van der Waals surface area contributed by atoms with Crippen molar-refractivity contribution in [3.8, 4) is 5.75 Å². The highest BCUT2D eigenvalue weighted by atomic mass is 32.1. The molecule has 0 spiro atoms. The zero-order chi connectivity index (χ0) is 33.1. The predicted octanol–water partition coefficient (Wildman–Crippen LogP) is 8.47. The monoisotopic (exact) mass is 666 g/mol. The van der Waals surface area contributed by atoms with Crippen molar-refractivity contribution in [1.29, 1.82) is 0 Å². The fraction of sp³-hybridized carbons (Fsp3) is 0.486. The SMILES string of the molecule is CO[C@H]1O[C@H](CO[Si](C(C)C)(C(C)C)C(C)C)[C@@H](OC(=S)Oc2ccccc2)[C@H](OCc2ccccc2)[C@H]1OCc1ccccc1. The van der Waals surface area contributed by atoms with Crippen LogP contribution >= 0.6 is 12.2 Å². The summed E-state index contributed by atoms with van der Waals surface area (Å²) < 4.78 is 45.3. The van der Waals surface area contributed by atoms with E-state index in [1.54, 1.807) is 7.11 Å². The quantitative estimate of drug-likeness (QED) is 0.118. The molecule has 0 radical (unpaired) electrons. The van der Waals surface area contributed by atoms with Crippen LogP contribution in [0.2, 0.25) is 16.6 Å². The fourth-order valence-electron chi connectivity index (χ4n) is 6.69. The van der Waals surface area contributed by atoms with Gasteiger partial charge in [-0.3, -0.25) is 0 Å². The van der Waals surface area contributed by atoms with Gasteiger partial charge in [-0.25, -0.2) is 0 Å². The van der Waals surface area contributed by atoms with Crippen LogP contribution in [-0.4, -0.2) is 58.0 Å². The number of rotatable bonds is 15. The molecule has 0 aliphatic carbocycles. The number of hydrogen-bond donors (Lipinski definition) is 0. The Hall–Kier alpha value is -2.63. The number of ether oxygens (including phenoxy) is 6. The van der Waals surface area contributed by atoms with E-state index in [-0.39, 0.29) is 11.8 Å². The van der Waals surface area contributed by atoms with Crippen molar-refractivity contribution < 1.29 is 32.8 Å². The third kappa shape index (κ3) is 9.25. The van der Waals surface area contributed by atoms with E-state index in [4.69, 9.17) is 45.1 Å². The van der Waals surface area contributed by atoms with Gasteiger partial charge >= 0.3 is 5.24 Å². The van der Waals surface area contributed by atoms with Gasteiger partial charge in [0.1, 0.15) is 24.1 Å². The van der Waals surface area contributed by atoms with Crippen LogP contribution in [0, 0.1) is 0 Å². The van der Waals surface area contributed by atoms with Gasteiger partial charge in [0.05, 0.1) is 19.8 Å². The summed E-state index contributed by atoms with van der Waals surface area (Å²) in [6.07, 6.45) is -3.32. The van der Waals surface area contributed by atoms with Crippen molar-refractivity contribution in [2.75, 3.05) is 13.7 Å². The summed E-state index contributed by atoms with van der Waals surface area (Å²) in [7, 11) is -0.636. The Balaban J connectivity index is 1.69. The molecule has 7 nitrogen and oxygen atoms in total. The average Bonchev–Trinajstić information content (AvgIpc) is 3.04. The van der Waals surface area contributed by atoms with Crippen LogP contribution < -0.4 is 4.74 Å². The second kappa shape index (κ2) is 17.5. The Morgan fingerprint density at radius 2 is 1.17 bits per heavy atom. The van der Waals surface area contributed by atoms with E-state index >= 15 is 0 Å². The minimum atomic E-state index is -2.26. The van der Waals surface area contributed by atoms with Gasteiger partial charge in [0.2, 0.25) is 0 Å². The number of methoxy groups -OCH3 is 1. The van der Waals surface area contributed by atoms with Crippen molar-refractivity contribution in [2.24, 2.45) is 0 Å². The van der Waals surface area contributed by atoms with Gasteiger partial charge in [-0.1, -0.05) is 120 Å². The lowest BCUT2D eigenvalue weighted by atomic mass is 9.98. The van der Waals surface area contributed by atoms with E-state index < -0.39 is 39.0 Å². The van der Waals surface area contributed by atoms with E-state index in [9.17, 15) is 0 Å². The fourth-order valence-corrected chi connectivity index (χ4v) is 12.4. The first kappa shape index (κ1) is 36.2. The average molecular weight is 667 g/mol. The molecule has 4 rings (SSSR count). The van der Waals surface area contributed by atoms with Crippen LogP contribution in [0.1, 0.15) is 52.7 Å². The normalized spacial score (nSPS) is 21.9. The number of thiocarbonyl (C=S) groups is 1. The van der Waals surface area contributed by atoms with Crippen LogP contribution in [0.15, 0.2) is 91.0 Å². The van der Waals surface area contributed by atoms with Crippen LogP contribution in [0.4, 0.5) is 0 Å². The predicted molar refractivity (Wildman–Crippen MR) is 187 cm³/mol. The first-order valence-electron chi connectivity index (χ1n) is 16.2. The van der Waals surface area contributed by atoms with Crippen molar-refractivity contribution in [3.63, 3.8) is 0 Å². The lowest BCUT2D eigenvalue weighted by molar-refractivity contribution is -0.311. The van der Waals surface area contributed by atoms with Gasteiger partial charge in [-0.15, -0.1) is 0 Å². The summed E-state index contributed by atoms with van der Waals surface area (Å²) in [5.41, 5.74) is 3.21. The van der Waals surface area contributed by atoms with Gasteiger partial charge in [0.25, 0.3) is 0 Å². The van der Waals surface area contributed by atoms with E-state index in [1.165, 1.54) is 0 Å².